The average molecular weight is 759 g/mol. The largest absolute Gasteiger partial charge is 0.463 e. The van der Waals surface area contributed by atoms with Crippen LogP contribution in [0.25, 0.3) is 0 Å². The van der Waals surface area contributed by atoms with Gasteiger partial charge in [-0.15, -0.1) is 0 Å². The number of esters is 1. The number of fused-ring (bicyclic) bond motifs is 5. The number of carbonyl (C=O) groups is 1. The molecule has 0 aromatic rings. The van der Waals surface area contributed by atoms with Crippen LogP contribution in [0.4, 0.5) is 0 Å². The molecular formula is C47H82O7. The van der Waals surface area contributed by atoms with E-state index in [9.17, 15) is 20.1 Å². The third-order valence-electron chi connectivity index (χ3n) is 16.2. The topological polar surface area (TPSA) is 105 Å². The molecule has 5 aliphatic rings. The van der Waals surface area contributed by atoms with E-state index in [-0.39, 0.29) is 24.1 Å². The van der Waals surface area contributed by atoms with E-state index in [1.54, 1.807) is 0 Å². The van der Waals surface area contributed by atoms with Gasteiger partial charge in [0.25, 0.3) is 0 Å². The summed E-state index contributed by atoms with van der Waals surface area (Å²) in [4.78, 5) is 12.5. The van der Waals surface area contributed by atoms with E-state index < -0.39 is 30.7 Å². The fourth-order valence-electron chi connectivity index (χ4n) is 12.6. The Bertz CT molecular complexity index is 1190. The molecule has 7 heteroatoms. The van der Waals surface area contributed by atoms with Gasteiger partial charge in [0.05, 0.1) is 6.10 Å². The second-order valence-electron chi connectivity index (χ2n) is 19.7. The Morgan fingerprint density at radius 2 is 1.56 bits per heavy atom. The van der Waals surface area contributed by atoms with E-state index in [1.165, 1.54) is 89.0 Å². The van der Waals surface area contributed by atoms with Crippen LogP contribution in [0, 0.1) is 52.3 Å². The van der Waals surface area contributed by atoms with Crippen molar-refractivity contribution in [3.05, 3.63) is 11.6 Å². The maximum Gasteiger partial charge on any atom is 0.305 e. The van der Waals surface area contributed by atoms with Crippen LogP contribution in [0.1, 0.15) is 183 Å². The highest BCUT2D eigenvalue weighted by atomic mass is 16.7. The minimum Gasteiger partial charge on any atom is -0.463 e. The first-order valence-electron chi connectivity index (χ1n) is 23.0. The van der Waals surface area contributed by atoms with Crippen molar-refractivity contribution in [3.8, 4) is 0 Å². The molecule has 0 aromatic heterocycles. The number of ether oxygens (including phenoxy) is 3. The van der Waals surface area contributed by atoms with Gasteiger partial charge in [0.2, 0.25) is 0 Å². The highest BCUT2D eigenvalue weighted by Gasteiger charge is 2.59. The lowest BCUT2D eigenvalue weighted by molar-refractivity contribution is -0.313. The van der Waals surface area contributed by atoms with Gasteiger partial charge in [0, 0.05) is 6.42 Å². The molecule has 0 radical (unpaired) electrons. The number of aliphatic hydroxyl groups excluding tert-OH is 3. The van der Waals surface area contributed by atoms with Crippen molar-refractivity contribution >= 4 is 5.97 Å². The highest BCUT2D eigenvalue weighted by molar-refractivity contribution is 5.69. The predicted octanol–water partition coefficient (Wildman–Crippen LogP) is 10.3. The summed E-state index contributed by atoms with van der Waals surface area (Å²) in [7, 11) is 0. The molecule has 7 nitrogen and oxygen atoms in total. The van der Waals surface area contributed by atoms with Crippen LogP contribution >= 0.6 is 0 Å². The van der Waals surface area contributed by atoms with Crippen molar-refractivity contribution < 1.29 is 34.3 Å². The normalized spacial score (nSPS) is 39.0. The molecule has 0 aromatic carbocycles. The molecule has 14 atom stereocenters. The van der Waals surface area contributed by atoms with Crippen LogP contribution < -0.4 is 0 Å². The maximum atomic E-state index is 12.5. The van der Waals surface area contributed by atoms with Crippen molar-refractivity contribution in [2.45, 2.75) is 220 Å². The van der Waals surface area contributed by atoms with Crippen LogP contribution in [0.2, 0.25) is 0 Å². The zero-order valence-electron chi connectivity index (χ0n) is 35.6. The van der Waals surface area contributed by atoms with E-state index in [4.69, 9.17) is 14.2 Å². The summed E-state index contributed by atoms with van der Waals surface area (Å²) in [5.74, 6) is 5.24. The Kier molecular flexibility index (Phi) is 16.4. The number of rotatable bonds is 20. The maximum absolute atomic E-state index is 12.5. The zero-order chi connectivity index (χ0) is 39.0. The lowest BCUT2D eigenvalue weighted by Gasteiger charge is -2.58. The van der Waals surface area contributed by atoms with Gasteiger partial charge in [-0.05, 0) is 116 Å². The molecular weight excluding hydrogens is 677 g/mol. The molecule has 1 saturated heterocycles. The Balaban J connectivity index is 1.10. The molecule has 0 amide bonds. The van der Waals surface area contributed by atoms with Gasteiger partial charge in [0.15, 0.2) is 6.29 Å². The number of unbranched alkanes of at least 4 members (excludes halogenated alkanes) is 8. The second kappa shape index (κ2) is 20.1. The lowest BCUT2D eigenvalue weighted by Crippen LogP contribution is -2.60. The summed E-state index contributed by atoms with van der Waals surface area (Å²) in [5.41, 5.74) is 2.13. The first-order valence-corrected chi connectivity index (χ1v) is 23.0. The molecule has 312 valence electrons. The van der Waals surface area contributed by atoms with E-state index in [2.05, 4.69) is 54.5 Å². The second-order valence-corrected chi connectivity index (χ2v) is 19.7. The fraction of sp³-hybridized carbons (Fsp3) is 0.936. The highest BCUT2D eigenvalue weighted by Crippen LogP contribution is 2.67. The van der Waals surface area contributed by atoms with Gasteiger partial charge in [-0.2, -0.15) is 0 Å². The number of hydrogen-bond acceptors (Lipinski definition) is 7. The van der Waals surface area contributed by atoms with E-state index in [0.717, 1.165) is 80.5 Å². The third-order valence-corrected chi connectivity index (χ3v) is 16.2. The number of hydrogen-bond donors (Lipinski definition) is 3. The van der Waals surface area contributed by atoms with Crippen LogP contribution in [0.3, 0.4) is 0 Å². The minimum atomic E-state index is -1.44. The SMILES string of the molecule is CCCCCCCCCCCC(=O)OCC1OC(O[C@H]2CC[C@@]3(C)C(=CCC4C3CC[C@@]3(C)C4CC[C@@H]3[C@H](C)CC[C@@H](CC)C(C)C)C2)C(O)C(O)C1O. The zero-order valence-corrected chi connectivity index (χ0v) is 35.6. The minimum absolute atomic E-state index is 0.138. The number of aliphatic hydroxyl groups is 3. The van der Waals surface area contributed by atoms with Gasteiger partial charge in [0.1, 0.15) is 31.0 Å². The van der Waals surface area contributed by atoms with E-state index in [0.29, 0.717) is 17.8 Å². The lowest BCUT2D eigenvalue weighted by atomic mass is 9.47. The summed E-state index contributed by atoms with van der Waals surface area (Å²) >= 11 is 0. The van der Waals surface area contributed by atoms with Crippen molar-refractivity contribution in [2.75, 3.05) is 6.61 Å². The molecule has 4 fully saturated rings. The smallest absolute Gasteiger partial charge is 0.305 e. The van der Waals surface area contributed by atoms with Crippen LogP contribution in [0.15, 0.2) is 11.6 Å². The van der Waals surface area contributed by atoms with Crippen LogP contribution in [-0.4, -0.2) is 64.7 Å². The Morgan fingerprint density at radius 3 is 2.24 bits per heavy atom. The van der Waals surface area contributed by atoms with Gasteiger partial charge in [-0.1, -0.05) is 124 Å². The summed E-state index contributed by atoms with van der Waals surface area (Å²) in [6.07, 6.45) is 20.5. The Morgan fingerprint density at radius 1 is 0.852 bits per heavy atom. The number of allylic oxidation sites excluding steroid dienone is 1. The van der Waals surface area contributed by atoms with Crippen LogP contribution in [0.5, 0.6) is 0 Å². The van der Waals surface area contributed by atoms with Gasteiger partial charge >= 0.3 is 5.97 Å². The molecule has 1 aliphatic heterocycles. The van der Waals surface area contributed by atoms with Gasteiger partial charge < -0.3 is 29.5 Å². The molecule has 1 heterocycles. The standard InChI is InChI=1S/C47H82O7/c1-8-10-11-12-13-14-15-16-17-18-41(48)52-30-40-42(49)43(50)44(51)45(54-40)53-35-25-27-46(6)34(29-35)21-22-36-38-24-23-37(47(38,7)28-26-39(36)46)32(5)19-20-33(9-2)31(3)4/h21,31-33,35-40,42-45,49-51H,8-20,22-30H2,1-7H3/t32-,33-,35+,36?,37-,38?,39?,40?,42?,43?,44?,45?,46+,47-/m1/s1. The fourth-order valence-corrected chi connectivity index (χ4v) is 12.6. The van der Waals surface area contributed by atoms with E-state index in [1.807, 2.05) is 0 Å². The summed E-state index contributed by atoms with van der Waals surface area (Å²) < 4.78 is 18.0. The van der Waals surface area contributed by atoms with Gasteiger partial charge in [-0.3, -0.25) is 4.79 Å². The summed E-state index contributed by atoms with van der Waals surface area (Å²) in [5, 5.41) is 32.4. The average Bonchev–Trinajstić information content (AvgIpc) is 3.51. The third kappa shape index (κ3) is 10.2. The van der Waals surface area contributed by atoms with Crippen molar-refractivity contribution in [1.82, 2.24) is 0 Å². The molecule has 5 rings (SSSR count). The Labute approximate surface area is 330 Å². The summed E-state index contributed by atoms with van der Waals surface area (Å²) in [6, 6.07) is 0. The van der Waals surface area contributed by atoms with E-state index >= 15 is 0 Å². The molecule has 3 saturated carbocycles. The van der Waals surface area contributed by atoms with Crippen molar-refractivity contribution in [2.24, 2.45) is 52.3 Å². The molecule has 3 N–H and O–H groups in total. The van der Waals surface area contributed by atoms with Crippen LogP contribution in [-0.2, 0) is 19.0 Å². The molecule has 0 spiro atoms. The first kappa shape index (κ1) is 44.1. The monoisotopic (exact) mass is 759 g/mol. The van der Waals surface area contributed by atoms with Gasteiger partial charge in [-0.25, -0.2) is 0 Å². The number of carbonyl (C=O) groups excluding carboxylic acids is 1. The molecule has 4 aliphatic carbocycles. The molecule has 54 heavy (non-hydrogen) atoms. The molecule has 0 bridgehead atoms. The first-order chi connectivity index (χ1) is 25.8. The van der Waals surface area contributed by atoms with Crippen molar-refractivity contribution in [3.63, 3.8) is 0 Å². The quantitative estimate of drug-likeness (QED) is 0.0645. The molecule has 8 unspecified atom stereocenters. The summed E-state index contributed by atoms with van der Waals surface area (Å²) in [6.45, 7) is 17.0. The predicted molar refractivity (Wildman–Crippen MR) is 217 cm³/mol. The Hall–Kier alpha value is -0.990. The van der Waals surface area contributed by atoms with Crippen molar-refractivity contribution in [1.29, 1.82) is 0 Å².